The third-order valence-electron chi connectivity index (χ3n) is 7.01. The van der Waals surface area contributed by atoms with Gasteiger partial charge >= 0.3 is 0 Å². The summed E-state index contributed by atoms with van der Waals surface area (Å²) >= 11 is 6.39. The van der Waals surface area contributed by atoms with Gasteiger partial charge in [-0.2, -0.15) is 9.78 Å². The van der Waals surface area contributed by atoms with E-state index in [0.717, 1.165) is 70.2 Å². The van der Waals surface area contributed by atoms with Gasteiger partial charge in [-0.05, 0) is 69.5 Å². The summed E-state index contributed by atoms with van der Waals surface area (Å²) in [5, 5.41) is 6.07. The molecule has 1 fully saturated rings. The molecular formula is C28H29ClN4O. The molecule has 1 saturated carbocycles. The number of rotatable bonds is 4. The number of benzene rings is 2. The van der Waals surface area contributed by atoms with Gasteiger partial charge in [0.15, 0.2) is 0 Å². The molecule has 0 amide bonds. The molecule has 4 aromatic rings. The van der Waals surface area contributed by atoms with E-state index in [4.69, 9.17) is 21.7 Å². The van der Waals surface area contributed by atoms with E-state index in [0.29, 0.717) is 5.39 Å². The highest BCUT2D eigenvalue weighted by atomic mass is 35.5. The number of fused-ring (bicyclic) bond motifs is 1. The predicted octanol–water partition coefficient (Wildman–Crippen LogP) is 6.70. The summed E-state index contributed by atoms with van der Waals surface area (Å²) in [6.45, 7) is 6.17. The Morgan fingerprint density at radius 3 is 2.59 bits per heavy atom. The summed E-state index contributed by atoms with van der Waals surface area (Å²) in [7, 11) is 0. The highest BCUT2D eigenvalue weighted by Crippen LogP contribution is 2.32. The molecule has 0 saturated heterocycles. The van der Waals surface area contributed by atoms with Gasteiger partial charge in [-0.1, -0.05) is 49.1 Å². The van der Waals surface area contributed by atoms with Crippen LogP contribution in [-0.2, 0) is 0 Å². The number of aromatic nitrogens is 3. The standard InChI is InChI=1S/C28H29ClN4O/c1-18-16-22(20(3)32(18)26-15-9-13-24(29)19(26)2)17-30-33-27(21-10-5-4-6-11-21)31-25-14-8-7-12-23(25)28(33)34/h7-9,12-17,21H,4-6,10-11H2,1-3H3. The Balaban J connectivity index is 1.62. The predicted molar refractivity (Wildman–Crippen MR) is 140 cm³/mol. The molecule has 2 aromatic heterocycles. The van der Waals surface area contributed by atoms with Gasteiger partial charge in [0.25, 0.3) is 5.56 Å². The fourth-order valence-electron chi connectivity index (χ4n) is 5.12. The number of para-hydroxylation sites is 1. The highest BCUT2D eigenvalue weighted by Gasteiger charge is 2.22. The van der Waals surface area contributed by atoms with Crippen molar-refractivity contribution in [2.45, 2.75) is 58.8 Å². The number of hydrogen-bond donors (Lipinski definition) is 0. The van der Waals surface area contributed by atoms with E-state index >= 15 is 0 Å². The van der Waals surface area contributed by atoms with Crippen LogP contribution in [0, 0.1) is 20.8 Å². The topological polar surface area (TPSA) is 52.2 Å². The lowest BCUT2D eigenvalue weighted by Crippen LogP contribution is -2.25. The molecule has 0 aliphatic heterocycles. The minimum atomic E-state index is -0.109. The first kappa shape index (κ1) is 22.6. The molecule has 0 unspecified atom stereocenters. The highest BCUT2D eigenvalue weighted by molar-refractivity contribution is 6.31. The molecule has 0 spiro atoms. The first-order chi connectivity index (χ1) is 16.5. The van der Waals surface area contributed by atoms with E-state index in [2.05, 4.69) is 30.5 Å². The number of aryl methyl sites for hydroxylation is 1. The maximum absolute atomic E-state index is 13.5. The minimum absolute atomic E-state index is 0.109. The largest absolute Gasteiger partial charge is 0.318 e. The first-order valence-electron chi connectivity index (χ1n) is 12.0. The molecule has 5 nitrogen and oxygen atoms in total. The van der Waals surface area contributed by atoms with Crippen molar-refractivity contribution in [1.82, 2.24) is 14.2 Å². The smallest absolute Gasteiger partial charge is 0.282 e. The van der Waals surface area contributed by atoms with Crippen LogP contribution in [0.2, 0.25) is 5.02 Å². The zero-order valence-corrected chi connectivity index (χ0v) is 20.6. The molecule has 2 aromatic carbocycles. The van der Waals surface area contributed by atoms with Crippen molar-refractivity contribution in [3.8, 4) is 5.69 Å². The monoisotopic (exact) mass is 472 g/mol. The molecule has 0 atom stereocenters. The fraction of sp³-hybridized carbons (Fsp3) is 0.321. The van der Waals surface area contributed by atoms with Crippen LogP contribution < -0.4 is 5.56 Å². The molecule has 2 heterocycles. The van der Waals surface area contributed by atoms with Crippen molar-refractivity contribution in [1.29, 1.82) is 0 Å². The van der Waals surface area contributed by atoms with E-state index in [1.165, 1.54) is 11.1 Å². The number of halogens is 1. The molecule has 0 N–H and O–H groups in total. The molecule has 34 heavy (non-hydrogen) atoms. The van der Waals surface area contributed by atoms with Crippen molar-refractivity contribution >= 4 is 28.7 Å². The SMILES string of the molecule is Cc1c(Cl)cccc1-n1c(C)cc(C=Nn2c(C3CCCCC3)nc3ccccc3c2=O)c1C. The summed E-state index contributed by atoms with van der Waals surface area (Å²) in [5.74, 6) is 1.03. The summed E-state index contributed by atoms with van der Waals surface area (Å²) < 4.78 is 3.72. The van der Waals surface area contributed by atoms with Crippen LogP contribution >= 0.6 is 11.6 Å². The van der Waals surface area contributed by atoms with Crippen LogP contribution in [0.3, 0.4) is 0 Å². The third-order valence-corrected chi connectivity index (χ3v) is 7.42. The molecule has 6 heteroatoms. The molecule has 0 radical (unpaired) electrons. The maximum atomic E-state index is 13.5. The van der Waals surface area contributed by atoms with E-state index < -0.39 is 0 Å². The van der Waals surface area contributed by atoms with Gasteiger partial charge in [0.1, 0.15) is 5.82 Å². The van der Waals surface area contributed by atoms with Crippen molar-refractivity contribution in [3.63, 3.8) is 0 Å². The maximum Gasteiger partial charge on any atom is 0.282 e. The lowest BCUT2D eigenvalue weighted by atomic mass is 9.88. The van der Waals surface area contributed by atoms with Crippen molar-refractivity contribution in [2.75, 3.05) is 0 Å². The summed E-state index contributed by atoms with van der Waals surface area (Å²) in [5.41, 5.74) is 5.81. The van der Waals surface area contributed by atoms with Gasteiger partial charge in [-0.15, -0.1) is 0 Å². The lowest BCUT2D eigenvalue weighted by molar-refractivity contribution is 0.416. The van der Waals surface area contributed by atoms with Gasteiger partial charge in [0, 0.05) is 33.6 Å². The fourth-order valence-corrected chi connectivity index (χ4v) is 5.29. The average Bonchev–Trinajstić information content (AvgIpc) is 3.13. The van der Waals surface area contributed by atoms with Crippen LogP contribution in [0.25, 0.3) is 16.6 Å². The van der Waals surface area contributed by atoms with E-state index in [9.17, 15) is 4.79 Å². The van der Waals surface area contributed by atoms with Crippen molar-refractivity contribution < 1.29 is 0 Å². The summed E-state index contributed by atoms with van der Waals surface area (Å²) in [6, 6.07) is 15.6. The Bertz CT molecular complexity index is 1460. The zero-order chi connectivity index (χ0) is 23.8. The van der Waals surface area contributed by atoms with Gasteiger partial charge in [-0.25, -0.2) is 4.98 Å². The van der Waals surface area contributed by atoms with Gasteiger partial charge in [0.2, 0.25) is 0 Å². The van der Waals surface area contributed by atoms with E-state index in [1.807, 2.05) is 43.3 Å². The minimum Gasteiger partial charge on any atom is -0.318 e. The summed E-state index contributed by atoms with van der Waals surface area (Å²) in [4.78, 5) is 18.4. The Kier molecular flexibility index (Phi) is 6.13. The van der Waals surface area contributed by atoms with Gasteiger partial charge in [-0.3, -0.25) is 4.79 Å². The average molecular weight is 473 g/mol. The first-order valence-corrected chi connectivity index (χ1v) is 12.3. The van der Waals surface area contributed by atoms with Crippen molar-refractivity contribution in [3.05, 3.63) is 92.2 Å². The number of hydrogen-bond acceptors (Lipinski definition) is 3. The Hall–Kier alpha value is -3.18. The van der Waals surface area contributed by atoms with Crippen LogP contribution in [0.4, 0.5) is 0 Å². The van der Waals surface area contributed by atoms with E-state index in [1.54, 1.807) is 6.21 Å². The Morgan fingerprint density at radius 1 is 1.03 bits per heavy atom. The van der Waals surface area contributed by atoms with Gasteiger partial charge in [0.05, 0.1) is 17.1 Å². The molecule has 5 rings (SSSR count). The van der Waals surface area contributed by atoms with Crippen LogP contribution in [-0.4, -0.2) is 20.4 Å². The zero-order valence-electron chi connectivity index (χ0n) is 19.9. The van der Waals surface area contributed by atoms with Crippen molar-refractivity contribution in [2.24, 2.45) is 5.10 Å². The lowest BCUT2D eigenvalue weighted by Gasteiger charge is -2.22. The molecule has 174 valence electrons. The van der Waals surface area contributed by atoms with Crippen LogP contribution in [0.5, 0.6) is 0 Å². The molecular weight excluding hydrogens is 444 g/mol. The Labute approximate surface area is 204 Å². The van der Waals surface area contributed by atoms with Crippen LogP contribution in [0.15, 0.2) is 58.4 Å². The van der Waals surface area contributed by atoms with Crippen LogP contribution in [0.1, 0.15) is 66.4 Å². The third kappa shape index (κ3) is 3.98. The second kappa shape index (κ2) is 9.22. The molecule has 0 bridgehead atoms. The van der Waals surface area contributed by atoms with E-state index in [-0.39, 0.29) is 11.5 Å². The molecule has 1 aliphatic carbocycles. The second-order valence-electron chi connectivity index (χ2n) is 9.23. The quantitative estimate of drug-likeness (QED) is 0.310. The summed E-state index contributed by atoms with van der Waals surface area (Å²) in [6.07, 6.45) is 7.45. The van der Waals surface area contributed by atoms with Gasteiger partial charge < -0.3 is 4.57 Å². The number of nitrogens with zero attached hydrogens (tertiary/aromatic N) is 4. The molecule has 1 aliphatic rings. The normalized spacial score (nSPS) is 14.9. The Morgan fingerprint density at radius 2 is 1.79 bits per heavy atom. The second-order valence-corrected chi connectivity index (χ2v) is 9.64.